The monoisotopic (exact) mass is 681 g/mol. The van der Waals surface area contributed by atoms with Crippen molar-refractivity contribution in [3.63, 3.8) is 0 Å². The van der Waals surface area contributed by atoms with Gasteiger partial charge in [0.05, 0.1) is 24.2 Å². The minimum Gasteiger partial charge on any atom is -0.348 e. The Balaban J connectivity index is 1.44. The number of halogens is 8. The number of benzene rings is 2. The number of rotatable bonds is 4. The van der Waals surface area contributed by atoms with E-state index >= 15 is 4.39 Å². The van der Waals surface area contributed by atoms with E-state index < -0.39 is 61.7 Å². The van der Waals surface area contributed by atoms with Crippen LogP contribution >= 0.6 is 0 Å². The topological polar surface area (TPSA) is 72.9 Å². The number of ether oxygens (including phenoxy) is 2. The molecule has 6 rings (SSSR count). The molecule has 0 aromatic heterocycles. The van der Waals surface area contributed by atoms with Gasteiger partial charge in [-0.1, -0.05) is 25.1 Å². The van der Waals surface area contributed by atoms with Crippen LogP contribution in [0.4, 0.5) is 35.1 Å². The summed E-state index contributed by atoms with van der Waals surface area (Å²) in [5, 5.41) is 0. The number of hydrogen-bond acceptors (Lipinski definition) is 5. The molecule has 2 saturated heterocycles. The Kier molecular flexibility index (Phi) is 7.83. The number of alkyl halides is 7. The number of carbonyl (C=O) groups is 1. The second-order valence-corrected chi connectivity index (χ2v) is 14.8. The van der Waals surface area contributed by atoms with Crippen molar-refractivity contribution in [2.75, 3.05) is 19.8 Å². The van der Waals surface area contributed by atoms with Gasteiger partial charge in [0.15, 0.2) is 15.6 Å². The second kappa shape index (κ2) is 10.9. The van der Waals surface area contributed by atoms with Crippen molar-refractivity contribution >= 4 is 15.7 Å². The van der Waals surface area contributed by atoms with Gasteiger partial charge in [-0.25, -0.2) is 17.2 Å². The van der Waals surface area contributed by atoms with E-state index in [0.29, 0.717) is 44.6 Å². The van der Waals surface area contributed by atoms with Crippen molar-refractivity contribution in [1.82, 2.24) is 4.90 Å². The van der Waals surface area contributed by atoms with Crippen LogP contribution < -0.4 is 0 Å². The maximum Gasteiger partial charge on any atom is 0.435 e. The van der Waals surface area contributed by atoms with Crippen LogP contribution in [-0.2, 0) is 40.9 Å². The van der Waals surface area contributed by atoms with Crippen LogP contribution in [0.3, 0.4) is 0 Å². The lowest BCUT2D eigenvalue weighted by atomic mass is 9.75. The Morgan fingerprint density at radius 1 is 0.913 bits per heavy atom. The van der Waals surface area contributed by atoms with Gasteiger partial charge in [0.1, 0.15) is 10.6 Å². The van der Waals surface area contributed by atoms with Crippen LogP contribution in [0.2, 0.25) is 0 Å². The molecule has 1 amide bonds. The molecule has 0 radical (unpaired) electrons. The number of sulfone groups is 1. The number of fused-ring (bicyclic) bond motifs is 3. The molecule has 0 unspecified atom stereocenters. The molecular weight excluding hydrogens is 650 g/mol. The standard InChI is InChI=1S/C31H31F8NO5S/c1-18-17-27(44-14-15-45-27)11-10-23(18)26(41)40-13-12-28(46(42,43)22-6-4-21(32)5-7-22)24-8-3-20(16-19(24)2-9-25(28)40)29(33,30(34,35)36)31(37,38)39/h3-8,16,18,23,25H,2,9-15,17H2,1H3/t18-,23-,25-,28-/m1/s1. The maximum atomic E-state index is 15.1. The first-order valence-corrected chi connectivity index (χ1v) is 16.4. The molecule has 252 valence electrons. The Hall–Kier alpha value is -2.78. The Bertz CT molecular complexity index is 1610. The number of carbonyl (C=O) groups excluding carboxylic acids is 1. The van der Waals surface area contributed by atoms with Gasteiger partial charge in [0, 0.05) is 30.9 Å². The SMILES string of the molecule is C[C@@H]1CC2(CC[C@H]1C(=O)N1CC[C@@]3(S(=O)(=O)c4ccc(F)cc4)c4ccc(C(F)(C(F)(F)F)C(F)(F)F)cc4CC[C@@H]13)OCCO2. The predicted octanol–water partition coefficient (Wildman–Crippen LogP) is 6.51. The average Bonchev–Trinajstić information content (AvgIpc) is 3.61. The lowest BCUT2D eigenvalue weighted by molar-refractivity contribution is -0.348. The summed E-state index contributed by atoms with van der Waals surface area (Å²) in [7, 11) is -4.56. The molecule has 4 aliphatic rings. The maximum absolute atomic E-state index is 15.1. The highest BCUT2D eigenvalue weighted by molar-refractivity contribution is 7.92. The van der Waals surface area contributed by atoms with Crippen molar-refractivity contribution in [2.45, 2.75) is 84.9 Å². The molecule has 6 nitrogen and oxygen atoms in total. The largest absolute Gasteiger partial charge is 0.435 e. The molecular formula is C31H31F8NO5S. The summed E-state index contributed by atoms with van der Waals surface area (Å²) in [5.41, 5.74) is -7.73. The van der Waals surface area contributed by atoms with Gasteiger partial charge in [0.25, 0.3) is 0 Å². The van der Waals surface area contributed by atoms with Crippen LogP contribution in [0.1, 0.15) is 55.7 Å². The second-order valence-electron chi connectivity index (χ2n) is 12.6. The summed E-state index contributed by atoms with van der Waals surface area (Å²) in [6.07, 6.45) is -12.0. The fraction of sp³-hybridized carbons (Fsp3) is 0.581. The molecule has 2 aromatic carbocycles. The minimum atomic E-state index is -6.35. The van der Waals surface area contributed by atoms with Crippen LogP contribution in [0.5, 0.6) is 0 Å². The van der Waals surface area contributed by atoms with Crippen LogP contribution in [-0.4, -0.2) is 63.2 Å². The zero-order chi connectivity index (χ0) is 33.5. The number of aryl methyl sites for hydroxylation is 1. The molecule has 2 aliphatic heterocycles. The fourth-order valence-electron chi connectivity index (χ4n) is 8.05. The van der Waals surface area contributed by atoms with Gasteiger partial charge in [-0.2, -0.15) is 26.3 Å². The molecule has 4 atom stereocenters. The van der Waals surface area contributed by atoms with E-state index in [9.17, 15) is 43.9 Å². The number of amides is 1. The van der Waals surface area contributed by atoms with Crippen molar-refractivity contribution in [2.24, 2.45) is 11.8 Å². The van der Waals surface area contributed by atoms with E-state index in [2.05, 4.69) is 0 Å². The smallest absolute Gasteiger partial charge is 0.348 e. The van der Waals surface area contributed by atoms with Gasteiger partial charge < -0.3 is 14.4 Å². The third-order valence-corrected chi connectivity index (χ3v) is 12.8. The van der Waals surface area contributed by atoms with Crippen molar-refractivity contribution < 1.29 is 57.8 Å². The third kappa shape index (κ3) is 4.77. The Labute approximate surface area is 259 Å². The normalized spacial score (nSPS) is 28.3. The highest BCUT2D eigenvalue weighted by Crippen LogP contribution is 2.57. The highest BCUT2D eigenvalue weighted by atomic mass is 32.2. The highest BCUT2D eigenvalue weighted by Gasteiger charge is 2.74. The quantitative estimate of drug-likeness (QED) is 0.272. The predicted molar refractivity (Wildman–Crippen MR) is 146 cm³/mol. The first-order chi connectivity index (χ1) is 21.4. The summed E-state index contributed by atoms with van der Waals surface area (Å²) < 4.78 is 149. The molecule has 46 heavy (non-hydrogen) atoms. The molecule has 1 saturated carbocycles. The summed E-state index contributed by atoms with van der Waals surface area (Å²) in [4.78, 5) is 15.3. The Morgan fingerprint density at radius 3 is 2.13 bits per heavy atom. The lowest BCUT2D eigenvalue weighted by Crippen LogP contribution is -2.54. The first-order valence-electron chi connectivity index (χ1n) is 14.9. The van der Waals surface area contributed by atoms with Gasteiger partial charge in [-0.05, 0) is 67.0 Å². The molecule has 3 fully saturated rings. The molecule has 2 aromatic rings. The molecule has 2 aliphatic carbocycles. The van der Waals surface area contributed by atoms with E-state index in [1.54, 1.807) is 0 Å². The number of hydrogen-bond donors (Lipinski definition) is 0. The van der Waals surface area contributed by atoms with Gasteiger partial charge in [-0.3, -0.25) is 4.79 Å². The molecule has 0 bridgehead atoms. The molecule has 1 spiro atoms. The lowest BCUT2D eigenvalue weighted by Gasteiger charge is -2.45. The summed E-state index contributed by atoms with van der Waals surface area (Å²) in [6, 6.07) is 4.39. The van der Waals surface area contributed by atoms with E-state index in [1.165, 1.54) is 4.90 Å². The number of nitrogens with zero attached hydrogens (tertiary/aromatic N) is 1. The average molecular weight is 682 g/mol. The zero-order valence-corrected chi connectivity index (χ0v) is 25.4. The van der Waals surface area contributed by atoms with Crippen molar-refractivity contribution in [1.29, 1.82) is 0 Å². The van der Waals surface area contributed by atoms with Gasteiger partial charge >= 0.3 is 18.0 Å². The summed E-state index contributed by atoms with van der Waals surface area (Å²) in [6.45, 7) is 2.67. The first kappa shape index (κ1) is 33.1. The van der Waals surface area contributed by atoms with E-state index in [0.717, 1.165) is 30.3 Å². The van der Waals surface area contributed by atoms with E-state index in [4.69, 9.17) is 9.47 Å². The zero-order valence-electron chi connectivity index (χ0n) is 24.6. The van der Waals surface area contributed by atoms with Crippen molar-refractivity contribution in [3.05, 3.63) is 65.0 Å². The van der Waals surface area contributed by atoms with Crippen LogP contribution in [0.25, 0.3) is 0 Å². The van der Waals surface area contributed by atoms with Crippen molar-refractivity contribution in [3.8, 4) is 0 Å². The molecule has 0 N–H and O–H groups in total. The van der Waals surface area contributed by atoms with Crippen LogP contribution in [0.15, 0.2) is 47.4 Å². The third-order valence-electron chi connectivity index (χ3n) is 10.2. The number of likely N-dealkylation sites (tertiary alicyclic amines) is 1. The minimum absolute atomic E-state index is 0.0649. The summed E-state index contributed by atoms with van der Waals surface area (Å²) >= 11 is 0. The molecule has 15 heteroatoms. The van der Waals surface area contributed by atoms with Gasteiger partial charge in [-0.15, -0.1) is 0 Å². The van der Waals surface area contributed by atoms with Gasteiger partial charge in [0.2, 0.25) is 5.91 Å². The molecule has 2 heterocycles. The van der Waals surface area contributed by atoms with E-state index in [-0.39, 0.29) is 53.7 Å². The van der Waals surface area contributed by atoms with E-state index in [1.807, 2.05) is 6.92 Å². The summed E-state index contributed by atoms with van der Waals surface area (Å²) in [5.74, 6) is -2.56. The fourth-order valence-corrected chi connectivity index (χ4v) is 10.4. The van der Waals surface area contributed by atoms with Crippen LogP contribution in [0, 0.1) is 17.7 Å². The Morgan fingerprint density at radius 2 is 1.54 bits per heavy atom.